The third kappa shape index (κ3) is 2.86. The number of fused-ring (bicyclic) bond motifs is 1. The van der Waals surface area contributed by atoms with Crippen LogP contribution >= 0.6 is 0 Å². The lowest BCUT2D eigenvalue weighted by molar-refractivity contribution is 0.274. The minimum Gasteiger partial charge on any atom is -0.395 e. The molecule has 4 heteroatoms. The second-order valence-electron chi connectivity index (χ2n) is 5.64. The molecular weight excluding hydrogens is 250 g/mol. The van der Waals surface area contributed by atoms with Gasteiger partial charge in [-0.15, -0.1) is 0 Å². The van der Waals surface area contributed by atoms with Gasteiger partial charge < -0.3 is 15.4 Å². The Bertz CT molecular complexity index is 574. The Morgan fingerprint density at radius 1 is 1.35 bits per heavy atom. The Labute approximate surface area is 120 Å². The Balaban J connectivity index is 2.52. The molecule has 0 amide bonds. The zero-order valence-electron chi connectivity index (χ0n) is 12.6. The highest BCUT2D eigenvalue weighted by molar-refractivity contribution is 5.77. The number of hydrogen-bond acceptors (Lipinski definition) is 3. The van der Waals surface area contributed by atoms with E-state index < -0.39 is 0 Å². The van der Waals surface area contributed by atoms with Crippen LogP contribution in [0.1, 0.15) is 57.0 Å². The summed E-state index contributed by atoms with van der Waals surface area (Å²) in [6.07, 6.45) is 1.94. The standard InChI is InChI=1S/C16H25N3O/c1-4-5-13(17)16-18-14-10-12(11(2)3)6-7-15(14)19(16)8-9-20/h6-7,10-11,13,20H,4-5,8-9,17H2,1-3H3. The first-order chi connectivity index (χ1) is 9.58. The molecule has 1 aromatic carbocycles. The SMILES string of the molecule is CCCC(N)c1nc2cc(C(C)C)ccc2n1CCO. The van der Waals surface area contributed by atoms with Crippen LogP contribution in [-0.2, 0) is 6.54 Å². The minimum atomic E-state index is -0.0681. The van der Waals surface area contributed by atoms with Crippen molar-refractivity contribution in [2.75, 3.05) is 6.61 Å². The maximum atomic E-state index is 9.29. The number of hydrogen-bond donors (Lipinski definition) is 2. The highest BCUT2D eigenvalue weighted by atomic mass is 16.3. The van der Waals surface area contributed by atoms with Gasteiger partial charge in [0.15, 0.2) is 0 Å². The summed E-state index contributed by atoms with van der Waals surface area (Å²) in [6, 6.07) is 6.30. The van der Waals surface area contributed by atoms with Crippen LogP contribution in [0.2, 0.25) is 0 Å². The summed E-state index contributed by atoms with van der Waals surface area (Å²) in [5.41, 5.74) is 9.55. The molecule has 2 rings (SSSR count). The molecule has 0 aliphatic rings. The molecular formula is C16H25N3O. The summed E-state index contributed by atoms with van der Waals surface area (Å²) in [7, 11) is 0. The summed E-state index contributed by atoms with van der Waals surface area (Å²) in [4.78, 5) is 4.72. The molecule has 110 valence electrons. The smallest absolute Gasteiger partial charge is 0.126 e. The fourth-order valence-electron chi connectivity index (χ4n) is 2.58. The number of rotatable bonds is 6. The molecule has 0 bridgehead atoms. The van der Waals surface area contributed by atoms with Gasteiger partial charge >= 0.3 is 0 Å². The summed E-state index contributed by atoms with van der Waals surface area (Å²) in [5, 5.41) is 9.29. The predicted molar refractivity (Wildman–Crippen MR) is 82.7 cm³/mol. The molecule has 0 spiro atoms. The molecule has 3 N–H and O–H groups in total. The van der Waals surface area contributed by atoms with Crippen LogP contribution in [0.5, 0.6) is 0 Å². The van der Waals surface area contributed by atoms with Crippen molar-refractivity contribution in [1.82, 2.24) is 9.55 Å². The van der Waals surface area contributed by atoms with Gasteiger partial charge in [-0.1, -0.05) is 33.3 Å². The Morgan fingerprint density at radius 2 is 2.10 bits per heavy atom. The number of nitrogens with two attached hydrogens (primary N) is 1. The molecule has 1 heterocycles. The quantitative estimate of drug-likeness (QED) is 0.852. The van der Waals surface area contributed by atoms with Crippen LogP contribution < -0.4 is 5.73 Å². The third-order valence-electron chi connectivity index (χ3n) is 3.72. The summed E-state index contributed by atoms with van der Waals surface area (Å²) < 4.78 is 2.06. The fraction of sp³-hybridized carbons (Fsp3) is 0.562. The van der Waals surface area contributed by atoms with Crippen LogP contribution in [0.4, 0.5) is 0 Å². The first-order valence-electron chi connectivity index (χ1n) is 7.45. The summed E-state index contributed by atoms with van der Waals surface area (Å²) in [5.74, 6) is 1.37. The zero-order valence-corrected chi connectivity index (χ0v) is 12.6. The van der Waals surface area contributed by atoms with Crippen LogP contribution in [0.25, 0.3) is 11.0 Å². The topological polar surface area (TPSA) is 64.1 Å². The lowest BCUT2D eigenvalue weighted by Crippen LogP contribution is -2.17. The van der Waals surface area contributed by atoms with Gasteiger partial charge in [-0.05, 0) is 30.0 Å². The van der Waals surface area contributed by atoms with Crippen molar-refractivity contribution in [2.24, 2.45) is 5.73 Å². The Kier molecular flexibility index (Phi) is 4.78. The third-order valence-corrected chi connectivity index (χ3v) is 3.72. The summed E-state index contributed by atoms with van der Waals surface area (Å²) >= 11 is 0. The molecule has 0 fully saturated rings. The fourth-order valence-corrected chi connectivity index (χ4v) is 2.58. The first kappa shape index (κ1) is 15.0. The van der Waals surface area contributed by atoms with Crippen LogP contribution in [0, 0.1) is 0 Å². The first-order valence-corrected chi connectivity index (χ1v) is 7.45. The monoisotopic (exact) mass is 275 g/mol. The van der Waals surface area contributed by atoms with Gasteiger partial charge in [0.25, 0.3) is 0 Å². The molecule has 1 aromatic heterocycles. The van der Waals surface area contributed by atoms with E-state index in [2.05, 4.69) is 43.5 Å². The highest BCUT2D eigenvalue weighted by Crippen LogP contribution is 2.25. The van der Waals surface area contributed by atoms with Crippen molar-refractivity contribution in [3.05, 3.63) is 29.6 Å². The van der Waals surface area contributed by atoms with E-state index in [4.69, 9.17) is 10.7 Å². The number of benzene rings is 1. The van der Waals surface area contributed by atoms with Gasteiger partial charge in [-0.25, -0.2) is 4.98 Å². The number of aromatic nitrogens is 2. The molecule has 4 nitrogen and oxygen atoms in total. The lowest BCUT2D eigenvalue weighted by Gasteiger charge is -2.13. The average Bonchev–Trinajstić information content (AvgIpc) is 2.77. The molecule has 1 atom stereocenters. The van der Waals surface area contributed by atoms with E-state index in [1.807, 2.05) is 0 Å². The number of imidazole rings is 1. The normalized spacial score (nSPS) is 13.3. The average molecular weight is 275 g/mol. The van der Waals surface area contributed by atoms with E-state index in [0.29, 0.717) is 12.5 Å². The molecule has 0 aliphatic heterocycles. The molecule has 0 aliphatic carbocycles. The van der Waals surface area contributed by atoms with Gasteiger partial charge in [-0.2, -0.15) is 0 Å². The van der Waals surface area contributed by atoms with Crippen molar-refractivity contribution in [2.45, 2.75) is 52.1 Å². The lowest BCUT2D eigenvalue weighted by atomic mass is 10.0. The highest BCUT2D eigenvalue weighted by Gasteiger charge is 2.16. The molecule has 0 saturated carbocycles. The van der Waals surface area contributed by atoms with E-state index >= 15 is 0 Å². The van der Waals surface area contributed by atoms with E-state index in [-0.39, 0.29) is 12.6 Å². The largest absolute Gasteiger partial charge is 0.395 e. The van der Waals surface area contributed by atoms with Crippen molar-refractivity contribution in [3.8, 4) is 0 Å². The maximum absolute atomic E-state index is 9.29. The van der Waals surface area contributed by atoms with Gasteiger partial charge in [0, 0.05) is 6.54 Å². The van der Waals surface area contributed by atoms with Crippen molar-refractivity contribution in [1.29, 1.82) is 0 Å². The minimum absolute atomic E-state index is 0.0681. The van der Waals surface area contributed by atoms with Gasteiger partial charge in [0.2, 0.25) is 0 Å². The molecule has 0 radical (unpaired) electrons. The second-order valence-corrected chi connectivity index (χ2v) is 5.64. The van der Waals surface area contributed by atoms with Crippen LogP contribution in [0.3, 0.4) is 0 Å². The molecule has 2 aromatic rings. The molecule has 0 saturated heterocycles. The van der Waals surface area contributed by atoms with Crippen molar-refractivity contribution in [3.63, 3.8) is 0 Å². The number of aliphatic hydroxyl groups excluding tert-OH is 1. The Morgan fingerprint density at radius 3 is 2.70 bits per heavy atom. The van der Waals surface area contributed by atoms with Gasteiger partial charge in [0.05, 0.1) is 23.7 Å². The van der Waals surface area contributed by atoms with E-state index in [1.165, 1.54) is 5.56 Å². The molecule has 1 unspecified atom stereocenters. The van der Waals surface area contributed by atoms with Crippen molar-refractivity contribution < 1.29 is 5.11 Å². The van der Waals surface area contributed by atoms with Gasteiger partial charge in [0.1, 0.15) is 5.82 Å². The van der Waals surface area contributed by atoms with Crippen LogP contribution in [-0.4, -0.2) is 21.3 Å². The van der Waals surface area contributed by atoms with Crippen LogP contribution in [0.15, 0.2) is 18.2 Å². The molecule has 20 heavy (non-hydrogen) atoms. The van der Waals surface area contributed by atoms with E-state index in [0.717, 1.165) is 29.7 Å². The zero-order chi connectivity index (χ0) is 14.7. The van der Waals surface area contributed by atoms with E-state index in [9.17, 15) is 5.11 Å². The predicted octanol–water partition coefficient (Wildman–Crippen LogP) is 2.95. The Hall–Kier alpha value is -1.39. The van der Waals surface area contributed by atoms with Gasteiger partial charge in [-0.3, -0.25) is 0 Å². The maximum Gasteiger partial charge on any atom is 0.126 e. The summed E-state index contributed by atoms with van der Waals surface area (Å²) in [6.45, 7) is 7.12. The second kappa shape index (κ2) is 6.37. The number of aliphatic hydroxyl groups is 1. The number of nitrogens with zero attached hydrogens (tertiary/aromatic N) is 2. The van der Waals surface area contributed by atoms with Crippen molar-refractivity contribution >= 4 is 11.0 Å². The van der Waals surface area contributed by atoms with E-state index in [1.54, 1.807) is 0 Å².